The van der Waals surface area contributed by atoms with E-state index in [1.165, 1.54) is 6.07 Å². The third-order valence-corrected chi connectivity index (χ3v) is 5.53. The number of hydrogen-bond acceptors (Lipinski definition) is 3. The molecule has 2 atom stereocenters. The maximum Gasteiger partial charge on any atom is 0.251 e. The van der Waals surface area contributed by atoms with Crippen molar-refractivity contribution < 1.29 is 13.2 Å². The first-order valence-corrected chi connectivity index (χ1v) is 8.65. The van der Waals surface area contributed by atoms with E-state index < -0.39 is 10.0 Å². The molecule has 0 spiro atoms. The highest BCUT2D eigenvalue weighted by atomic mass is 79.9. The molecule has 0 radical (unpaired) electrons. The Kier molecular flexibility index (Phi) is 4.22. The van der Waals surface area contributed by atoms with Gasteiger partial charge in [-0.3, -0.25) is 4.79 Å². The van der Waals surface area contributed by atoms with Gasteiger partial charge in [0, 0.05) is 16.6 Å². The molecule has 1 aromatic carbocycles. The second-order valence-corrected chi connectivity index (χ2v) is 7.69. The van der Waals surface area contributed by atoms with Crippen LogP contribution in [0.3, 0.4) is 0 Å². The number of nitrogens with two attached hydrogens (primary N) is 1. The van der Waals surface area contributed by atoms with Crippen molar-refractivity contribution >= 4 is 31.9 Å². The van der Waals surface area contributed by atoms with E-state index in [1.54, 1.807) is 13.0 Å². The smallest absolute Gasteiger partial charge is 0.251 e. The fourth-order valence-electron chi connectivity index (χ4n) is 2.09. The van der Waals surface area contributed by atoms with Crippen molar-refractivity contribution in [3.8, 4) is 0 Å². The average Bonchev–Trinajstić information content (AvgIpc) is 3.04. The zero-order valence-corrected chi connectivity index (χ0v) is 13.7. The summed E-state index contributed by atoms with van der Waals surface area (Å²) in [6, 6.07) is 2.93. The van der Waals surface area contributed by atoms with Gasteiger partial charge in [0.15, 0.2) is 0 Å². The van der Waals surface area contributed by atoms with Crippen molar-refractivity contribution in [3.63, 3.8) is 0 Å². The van der Waals surface area contributed by atoms with Crippen LogP contribution in [0.1, 0.15) is 29.3 Å². The Balaban J connectivity index is 2.23. The molecule has 1 fully saturated rings. The number of sulfonamides is 1. The van der Waals surface area contributed by atoms with Gasteiger partial charge in [0.05, 0.1) is 4.90 Å². The van der Waals surface area contributed by atoms with Gasteiger partial charge in [0.1, 0.15) is 0 Å². The summed E-state index contributed by atoms with van der Waals surface area (Å²) >= 11 is 3.26. The summed E-state index contributed by atoms with van der Waals surface area (Å²) in [6.07, 6.45) is 1.13. The molecule has 2 rings (SSSR count). The molecular weight excluding hydrogens is 344 g/mol. The van der Waals surface area contributed by atoms with Crippen LogP contribution >= 0.6 is 15.9 Å². The van der Waals surface area contributed by atoms with Crippen molar-refractivity contribution in [1.29, 1.82) is 0 Å². The molecule has 1 aromatic rings. The lowest BCUT2D eigenvalue weighted by atomic mass is 10.1. The number of rotatable bonds is 4. The van der Waals surface area contributed by atoms with E-state index in [9.17, 15) is 13.2 Å². The molecule has 0 aliphatic heterocycles. The lowest BCUT2D eigenvalue weighted by molar-refractivity contribution is 0.0951. The first-order chi connectivity index (χ1) is 9.20. The number of nitrogens with one attached hydrogen (secondary N) is 1. The average molecular weight is 361 g/mol. The van der Waals surface area contributed by atoms with Gasteiger partial charge in [-0.25, -0.2) is 13.6 Å². The lowest BCUT2D eigenvalue weighted by Gasteiger charge is -2.10. The van der Waals surface area contributed by atoms with Gasteiger partial charge in [-0.2, -0.15) is 0 Å². The van der Waals surface area contributed by atoms with E-state index in [0.29, 0.717) is 34.0 Å². The fraction of sp³-hybridized carbons (Fsp3) is 0.462. The van der Waals surface area contributed by atoms with Crippen LogP contribution < -0.4 is 10.5 Å². The van der Waals surface area contributed by atoms with Gasteiger partial charge in [-0.05, 0) is 42.9 Å². The van der Waals surface area contributed by atoms with Crippen LogP contribution in [0.5, 0.6) is 0 Å². The highest BCUT2D eigenvalue weighted by molar-refractivity contribution is 9.10. The van der Waals surface area contributed by atoms with Crippen LogP contribution in [0.25, 0.3) is 0 Å². The van der Waals surface area contributed by atoms with Gasteiger partial charge < -0.3 is 5.32 Å². The number of halogens is 1. The summed E-state index contributed by atoms with van der Waals surface area (Å²) < 4.78 is 23.6. The topological polar surface area (TPSA) is 89.3 Å². The van der Waals surface area contributed by atoms with Gasteiger partial charge in [0.2, 0.25) is 10.0 Å². The molecule has 1 amide bonds. The molecule has 2 unspecified atom stereocenters. The van der Waals surface area contributed by atoms with E-state index in [1.807, 2.05) is 0 Å². The predicted molar refractivity (Wildman–Crippen MR) is 79.9 cm³/mol. The van der Waals surface area contributed by atoms with Crippen LogP contribution in [0, 0.1) is 18.8 Å². The Labute approximate surface area is 127 Å². The van der Waals surface area contributed by atoms with E-state index in [0.717, 1.165) is 6.42 Å². The fourth-order valence-corrected chi connectivity index (χ4v) is 3.51. The molecule has 5 nitrogen and oxygen atoms in total. The monoisotopic (exact) mass is 360 g/mol. The minimum Gasteiger partial charge on any atom is -0.352 e. The van der Waals surface area contributed by atoms with Crippen molar-refractivity contribution in [2.45, 2.75) is 25.2 Å². The van der Waals surface area contributed by atoms with Crippen molar-refractivity contribution in [1.82, 2.24) is 5.32 Å². The Morgan fingerprint density at radius 1 is 1.50 bits per heavy atom. The standard InChI is InChI=1S/C13H17BrN2O3S/c1-7-3-10(7)6-16-13(17)9-4-11(14)8(2)12(5-9)20(15,18)19/h4-5,7,10H,3,6H2,1-2H3,(H,16,17)(H2,15,18,19). The Morgan fingerprint density at radius 2 is 2.10 bits per heavy atom. The molecule has 0 saturated heterocycles. The molecule has 0 aromatic heterocycles. The number of hydrogen-bond donors (Lipinski definition) is 2. The maximum absolute atomic E-state index is 12.1. The normalized spacial score (nSPS) is 21.6. The SMILES string of the molecule is Cc1c(Br)cc(C(=O)NCC2CC2C)cc1S(N)(=O)=O. The third-order valence-electron chi connectivity index (χ3n) is 3.67. The highest BCUT2D eigenvalue weighted by Gasteiger charge is 2.32. The summed E-state index contributed by atoms with van der Waals surface area (Å²) in [6.45, 7) is 4.39. The lowest BCUT2D eigenvalue weighted by Crippen LogP contribution is -2.26. The largest absolute Gasteiger partial charge is 0.352 e. The van der Waals surface area contributed by atoms with Crippen LogP contribution in [0.4, 0.5) is 0 Å². The third kappa shape index (κ3) is 3.39. The minimum atomic E-state index is -3.85. The molecule has 7 heteroatoms. The Bertz CT molecular complexity index is 658. The second kappa shape index (κ2) is 5.46. The van der Waals surface area contributed by atoms with E-state index >= 15 is 0 Å². The zero-order valence-electron chi connectivity index (χ0n) is 11.3. The van der Waals surface area contributed by atoms with Gasteiger partial charge >= 0.3 is 0 Å². The number of carbonyl (C=O) groups is 1. The van der Waals surface area contributed by atoms with E-state index in [4.69, 9.17) is 5.14 Å². The van der Waals surface area contributed by atoms with Crippen LogP contribution in [-0.4, -0.2) is 20.9 Å². The summed E-state index contributed by atoms with van der Waals surface area (Å²) in [4.78, 5) is 12.0. The molecule has 110 valence electrons. The molecule has 0 heterocycles. The Hall–Kier alpha value is -0.920. The van der Waals surface area contributed by atoms with E-state index in [2.05, 4.69) is 28.2 Å². The molecular formula is C13H17BrN2O3S. The second-order valence-electron chi connectivity index (χ2n) is 5.31. The summed E-state index contributed by atoms with van der Waals surface area (Å²) in [5, 5.41) is 7.99. The van der Waals surface area contributed by atoms with Gasteiger partial charge in [-0.1, -0.05) is 22.9 Å². The molecule has 20 heavy (non-hydrogen) atoms. The van der Waals surface area contributed by atoms with E-state index in [-0.39, 0.29) is 10.8 Å². The van der Waals surface area contributed by atoms with Crippen LogP contribution in [0.2, 0.25) is 0 Å². The van der Waals surface area contributed by atoms with Crippen molar-refractivity contribution in [3.05, 3.63) is 27.7 Å². The predicted octanol–water partition coefficient (Wildman–Crippen LogP) is 1.79. The molecule has 3 N–H and O–H groups in total. The highest BCUT2D eigenvalue weighted by Crippen LogP contribution is 2.36. The maximum atomic E-state index is 12.1. The molecule has 1 aliphatic rings. The first kappa shape index (κ1) is 15.5. The van der Waals surface area contributed by atoms with Crippen molar-refractivity contribution in [2.75, 3.05) is 6.54 Å². The summed E-state index contributed by atoms with van der Waals surface area (Å²) in [7, 11) is -3.85. The quantitative estimate of drug-likeness (QED) is 0.857. The first-order valence-electron chi connectivity index (χ1n) is 6.31. The van der Waals surface area contributed by atoms with Crippen LogP contribution in [0.15, 0.2) is 21.5 Å². The Morgan fingerprint density at radius 3 is 2.60 bits per heavy atom. The summed E-state index contributed by atoms with van der Waals surface area (Å²) in [5.41, 5.74) is 0.791. The number of carbonyl (C=O) groups excluding carboxylic acids is 1. The summed E-state index contributed by atoms with van der Waals surface area (Å²) in [5.74, 6) is 0.903. The van der Waals surface area contributed by atoms with Gasteiger partial charge in [0.25, 0.3) is 5.91 Å². The minimum absolute atomic E-state index is 0.0307. The van der Waals surface area contributed by atoms with Gasteiger partial charge in [-0.15, -0.1) is 0 Å². The van der Waals surface area contributed by atoms with Crippen LogP contribution in [-0.2, 0) is 10.0 Å². The number of amides is 1. The van der Waals surface area contributed by atoms with Crippen molar-refractivity contribution in [2.24, 2.45) is 17.0 Å². The molecule has 1 saturated carbocycles. The number of benzene rings is 1. The molecule has 1 aliphatic carbocycles. The zero-order chi connectivity index (χ0) is 15.1. The number of primary sulfonamides is 1. The molecule has 0 bridgehead atoms.